The van der Waals surface area contributed by atoms with Gasteiger partial charge in [0.15, 0.2) is 17.5 Å². The van der Waals surface area contributed by atoms with Crippen molar-refractivity contribution in [1.29, 1.82) is 0 Å². The molecule has 0 saturated heterocycles. The van der Waals surface area contributed by atoms with Gasteiger partial charge in [-0.15, -0.1) is 0 Å². The van der Waals surface area contributed by atoms with Gasteiger partial charge in [-0.2, -0.15) is 0 Å². The van der Waals surface area contributed by atoms with Crippen LogP contribution in [0.25, 0.3) is 45.0 Å². The molecule has 0 aliphatic heterocycles. The molecular formula is C45H35N3. The third kappa shape index (κ3) is 6.36. The number of rotatable bonds is 7. The lowest BCUT2D eigenvalue weighted by Crippen LogP contribution is -2.09. The van der Waals surface area contributed by atoms with Crippen LogP contribution in [0.1, 0.15) is 47.2 Å². The lowest BCUT2D eigenvalue weighted by molar-refractivity contribution is 0.852. The van der Waals surface area contributed by atoms with Gasteiger partial charge in [-0.05, 0) is 70.0 Å². The van der Waals surface area contributed by atoms with Crippen LogP contribution in [0.4, 0.5) is 0 Å². The summed E-state index contributed by atoms with van der Waals surface area (Å²) in [4.78, 5) is 15.6. The Balaban J connectivity index is 1.30. The van der Waals surface area contributed by atoms with Gasteiger partial charge in [-0.1, -0.05) is 158 Å². The van der Waals surface area contributed by atoms with E-state index in [1.54, 1.807) is 0 Å². The Hall–Kier alpha value is -5.93. The Morgan fingerprint density at radius 1 is 0.458 bits per heavy atom. The minimum atomic E-state index is 0.195. The fraction of sp³-hybridized carbons (Fsp3) is 0.0889. The summed E-state index contributed by atoms with van der Waals surface area (Å²) >= 11 is 0. The number of allylic oxidation sites excluding steroid dienone is 8. The van der Waals surface area contributed by atoms with E-state index in [4.69, 9.17) is 15.0 Å². The Kier molecular flexibility index (Phi) is 8.25. The average Bonchev–Trinajstić information content (AvgIpc) is 3.19. The Morgan fingerprint density at radius 2 is 1.04 bits per heavy atom. The molecule has 0 fully saturated rings. The molecule has 1 heterocycles. The topological polar surface area (TPSA) is 38.7 Å². The number of hydrogen-bond donors (Lipinski definition) is 0. The second-order valence-electron chi connectivity index (χ2n) is 12.4. The van der Waals surface area contributed by atoms with Crippen LogP contribution < -0.4 is 0 Å². The minimum Gasteiger partial charge on any atom is -0.209 e. The predicted molar refractivity (Wildman–Crippen MR) is 198 cm³/mol. The zero-order chi connectivity index (χ0) is 32.1. The van der Waals surface area contributed by atoms with Crippen molar-refractivity contribution in [2.24, 2.45) is 0 Å². The second-order valence-corrected chi connectivity index (χ2v) is 12.4. The molecule has 6 aromatic rings. The minimum absolute atomic E-state index is 0.195. The van der Waals surface area contributed by atoms with E-state index in [1.165, 1.54) is 27.8 Å². The molecule has 0 spiro atoms. The Labute approximate surface area is 282 Å². The molecule has 0 bridgehead atoms. The van der Waals surface area contributed by atoms with Gasteiger partial charge in [0, 0.05) is 23.0 Å². The number of hydrogen-bond acceptors (Lipinski definition) is 3. The maximum Gasteiger partial charge on any atom is 0.164 e. The number of benzene rings is 5. The normalized spacial score (nSPS) is 17.1. The highest BCUT2D eigenvalue weighted by molar-refractivity contribution is 5.86. The standard InChI is InChI=1S/C45H35N3/c1-6-16-32(17-7-1)37-26-38(33-18-8-2-9-19-33)29-41(28-37)44-46-43(36-24-14-5-15-25-36)47-45(48-44)42-30-39(34-20-10-3-11-21-34)27-40(31-42)35-22-12-4-13-23-35/h1-22,24-28,30-31,35,38H,23,29H2. The molecule has 3 nitrogen and oxygen atoms in total. The Bertz CT molecular complexity index is 2160. The van der Waals surface area contributed by atoms with Crippen LogP contribution in [-0.4, -0.2) is 15.0 Å². The first kappa shape index (κ1) is 29.5. The molecule has 5 aromatic carbocycles. The largest absolute Gasteiger partial charge is 0.209 e. The molecule has 8 rings (SSSR count). The molecule has 0 amide bonds. The number of aromatic nitrogens is 3. The van der Waals surface area contributed by atoms with Crippen LogP contribution in [0.2, 0.25) is 0 Å². The van der Waals surface area contributed by atoms with Gasteiger partial charge < -0.3 is 0 Å². The van der Waals surface area contributed by atoms with E-state index < -0.39 is 0 Å². The molecule has 2 atom stereocenters. The summed E-state index contributed by atoms with van der Waals surface area (Å²) in [5.41, 5.74) is 10.3. The van der Waals surface area contributed by atoms with Crippen molar-refractivity contribution in [1.82, 2.24) is 15.0 Å². The molecule has 0 radical (unpaired) electrons. The fourth-order valence-electron chi connectivity index (χ4n) is 6.67. The first-order valence-corrected chi connectivity index (χ1v) is 16.7. The molecule has 48 heavy (non-hydrogen) atoms. The quantitative estimate of drug-likeness (QED) is 0.179. The van der Waals surface area contributed by atoms with Crippen LogP contribution in [-0.2, 0) is 0 Å². The van der Waals surface area contributed by atoms with Crippen LogP contribution in [0, 0.1) is 0 Å². The first-order valence-electron chi connectivity index (χ1n) is 16.7. The summed E-state index contributed by atoms with van der Waals surface area (Å²) in [6.45, 7) is 0. The molecule has 0 saturated carbocycles. The molecule has 0 N–H and O–H groups in total. The van der Waals surface area contributed by atoms with Gasteiger partial charge in [-0.25, -0.2) is 15.0 Å². The second kappa shape index (κ2) is 13.4. The summed E-state index contributed by atoms with van der Waals surface area (Å²) < 4.78 is 0. The van der Waals surface area contributed by atoms with Crippen molar-refractivity contribution in [3.8, 4) is 33.9 Å². The summed E-state index contributed by atoms with van der Waals surface area (Å²) in [6.07, 6.45) is 15.2. The third-order valence-electron chi connectivity index (χ3n) is 9.17. The van der Waals surface area contributed by atoms with Crippen molar-refractivity contribution in [3.05, 3.63) is 198 Å². The first-order chi connectivity index (χ1) is 23.8. The van der Waals surface area contributed by atoms with E-state index in [2.05, 4.69) is 158 Å². The van der Waals surface area contributed by atoms with E-state index in [9.17, 15) is 0 Å². The summed E-state index contributed by atoms with van der Waals surface area (Å²) in [5, 5.41) is 0. The van der Waals surface area contributed by atoms with Gasteiger partial charge in [0.25, 0.3) is 0 Å². The smallest absolute Gasteiger partial charge is 0.164 e. The van der Waals surface area contributed by atoms with Crippen LogP contribution in [0.3, 0.4) is 0 Å². The zero-order valence-corrected chi connectivity index (χ0v) is 26.7. The van der Waals surface area contributed by atoms with Gasteiger partial charge >= 0.3 is 0 Å². The fourth-order valence-corrected chi connectivity index (χ4v) is 6.67. The van der Waals surface area contributed by atoms with Crippen LogP contribution in [0.5, 0.6) is 0 Å². The van der Waals surface area contributed by atoms with Crippen molar-refractivity contribution in [2.75, 3.05) is 0 Å². The molecule has 230 valence electrons. The highest BCUT2D eigenvalue weighted by Gasteiger charge is 2.23. The van der Waals surface area contributed by atoms with Crippen molar-refractivity contribution >= 4 is 11.1 Å². The van der Waals surface area contributed by atoms with E-state index >= 15 is 0 Å². The van der Waals surface area contributed by atoms with E-state index in [-0.39, 0.29) is 5.92 Å². The van der Waals surface area contributed by atoms with E-state index in [0.29, 0.717) is 23.4 Å². The predicted octanol–water partition coefficient (Wildman–Crippen LogP) is 11.1. The molecular weight excluding hydrogens is 583 g/mol. The molecule has 2 unspecified atom stereocenters. The highest BCUT2D eigenvalue weighted by Crippen LogP contribution is 2.39. The SMILES string of the molecule is C1=CCC(c2cc(-c3ccccc3)cc(-c3nc(C4=CC(c5ccccc5)=CC(c5ccccc5)C4)nc(-c4ccccc4)n3)c2)C=C1. The van der Waals surface area contributed by atoms with Crippen molar-refractivity contribution < 1.29 is 0 Å². The molecule has 2 aliphatic rings. The monoisotopic (exact) mass is 617 g/mol. The maximum absolute atomic E-state index is 5.28. The summed E-state index contributed by atoms with van der Waals surface area (Å²) in [5.74, 6) is 2.56. The van der Waals surface area contributed by atoms with Crippen LogP contribution >= 0.6 is 0 Å². The van der Waals surface area contributed by atoms with E-state index in [1.807, 2.05) is 18.2 Å². The lowest BCUT2D eigenvalue weighted by Gasteiger charge is -2.23. The molecule has 2 aliphatic carbocycles. The van der Waals surface area contributed by atoms with Gasteiger partial charge in [-0.3, -0.25) is 0 Å². The molecule has 1 aromatic heterocycles. The number of nitrogens with zero attached hydrogens (tertiary/aromatic N) is 3. The summed E-state index contributed by atoms with van der Waals surface area (Å²) in [7, 11) is 0. The lowest BCUT2D eigenvalue weighted by atomic mass is 9.83. The third-order valence-corrected chi connectivity index (χ3v) is 9.17. The average molecular weight is 618 g/mol. The van der Waals surface area contributed by atoms with Gasteiger partial charge in [0.2, 0.25) is 0 Å². The summed E-state index contributed by atoms with van der Waals surface area (Å²) in [6, 6.07) is 49.0. The van der Waals surface area contributed by atoms with Gasteiger partial charge in [0.05, 0.1) is 0 Å². The Morgan fingerprint density at radius 3 is 1.71 bits per heavy atom. The maximum atomic E-state index is 5.28. The highest BCUT2D eigenvalue weighted by atomic mass is 15.0. The van der Waals surface area contributed by atoms with Crippen molar-refractivity contribution in [3.63, 3.8) is 0 Å². The van der Waals surface area contributed by atoms with Crippen LogP contribution in [0.15, 0.2) is 176 Å². The molecule has 3 heteroatoms. The van der Waals surface area contributed by atoms with E-state index in [0.717, 1.165) is 35.1 Å². The van der Waals surface area contributed by atoms with Crippen molar-refractivity contribution in [2.45, 2.75) is 24.7 Å². The van der Waals surface area contributed by atoms with Gasteiger partial charge in [0.1, 0.15) is 0 Å². The zero-order valence-electron chi connectivity index (χ0n) is 26.7.